The highest BCUT2D eigenvalue weighted by atomic mass is 19.1. The van der Waals surface area contributed by atoms with Gasteiger partial charge in [-0.2, -0.15) is 0 Å². The molecular weight excluding hydrogens is 355 g/mol. The second-order valence-corrected chi connectivity index (χ2v) is 8.16. The molecule has 0 aliphatic carbocycles. The number of carbonyl (C=O) groups excluding carboxylic acids is 2. The summed E-state index contributed by atoms with van der Waals surface area (Å²) in [5, 5.41) is 0. The van der Waals surface area contributed by atoms with E-state index in [1.807, 2.05) is 6.92 Å². The number of hydrogen-bond donors (Lipinski definition) is 0. The number of esters is 2. The number of alkyl halides is 1. The molecule has 0 aromatic carbocycles. The molecule has 0 saturated heterocycles. The zero-order valence-electron chi connectivity index (χ0n) is 17.7. The van der Waals surface area contributed by atoms with Crippen LogP contribution in [-0.4, -0.2) is 57.2 Å². The molecular formula is C20H37FO6. The molecule has 0 rings (SSSR count). The monoisotopic (exact) mass is 392 g/mol. The second-order valence-electron chi connectivity index (χ2n) is 8.16. The van der Waals surface area contributed by atoms with E-state index in [1.54, 1.807) is 0 Å². The van der Waals surface area contributed by atoms with Crippen LogP contribution in [0.15, 0.2) is 0 Å². The molecule has 0 radical (unpaired) electrons. The van der Waals surface area contributed by atoms with Crippen molar-refractivity contribution in [2.45, 2.75) is 73.1 Å². The van der Waals surface area contributed by atoms with Gasteiger partial charge in [0.2, 0.25) is 0 Å². The summed E-state index contributed by atoms with van der Waals surface area (Å²) in [6, 6.07) is 0. The van der Waals surface area contributed by atoms with Crippen LogP contribution in [0.4, 0.5) is 4.39 Å². The molecule has 0 bridgehead atoms. The lowest BCUT2D eigenvalue weighted by molar-refractivity contribution is -0.150. The van der Waals surface area contributed by atoms with Gasteiger partial charge in [0.1, 0.15) is 13.2 Å². The molecule has 0 amide bonds. The van der Waals surface area contributed by atoms with Crippen LogP contribution in [0.2, 0.25) is 0 Å². The molecule has 0 heterocycles. The van der Waals surface area contributed by atoms with Gasteiger partial charge in [0.05, 0.1) is 19.3 Å². The van der Waals surface area contributed by atoms with Crippen LogP contribution < -0.4 is 0 Å². The normalized spacial score (nSPS) is 15.1. The lowest BCUT2D eigenvalue weighted by atomic mass is 9.84. The third-order valence-electron chi connectivity index (χ3n) is 3.69. The maximum atomic E-state index is 12.5. The summed E-state index contributed by atoms with van der Waals surface area (Å²) in [6.45, 7) is 12.8. The number of halogens is 1. The second kappa shape index (κ2) is 13.9. The summed E-state index contributed by atoms with van der Waals surface area (Å²) in [6.07, 6.45) is 0.393. The quantitative estimate of drug-likeness (QED) is 0.332. The summed E-state index contributed by atoms with van der Waals surface area (Å²) in [5.41, 5.74) is 0.202. The SMILES string of the molecule is CC(CC(=O)OCCOC(C)CCOCCOC(=O)C(C)F)CC(C)(C)C. The Kier molecular flexibility index (Phi) is 13.3. The van der Waals surface area contributed by atoms with Crippen molar-refractivity contribution in [1.82, 2.24) is 0 Å². The van der Waals surface area contributed by atoms with Gasteiger partial charge in [-0.1, -0.05) is 27.7 Å². The zero-order valence-corrected chi connectivity index (χ0v) is 17.7. The van der Waals surface area contributed by atoms with Crippen LogP contribution in [-0.2, 0) is 28.5 Å². The number of ether oxygens (including phenoxy) is 4. The van der Waals surface area contributed by atoms with Gasteiger partial charge in [0.15, 0.2) is 6.17 Å². The van der Waals surface area contributed by atoms with Gasteiger partial charge in [-0.15, -0.1) is 0 Å². The van der Waals surface area contributed by atoms with Crippen LogP contribution in [0.1, 0.15) is 60.8 Å². The highest BCUT2D eigenvalue weighted by Crippen LogP contribution is 2.26. The molecule has 0 aliphatic heterocycles. The van der Waals surface area contributed by atoms with E-state index in [1.165, 1.54) is 0 Å². The number of carbonyl (C=O) groups is 2. The molecule has 0 spiro atoms. The standard InChI is InChI=1S/C20H37FO6/c1-15(14-20(4,5)6)13-18(22)26-12-11-25-16(2)7-8-24-9-10-27-19(23)17(3)21/h15-17H,7-14H2,1-6H3. The molecule has 0 N–H and O–H groups in total. The maximum Gasteiger partial charge on any atom is 0.340 e. The van der Waals surface area contributed by atoms with Crippen LogP contribution in [0, 0.1) is 11.3 Å². The summed E-state index contributed by atoms with van der Waals surface area (Å²) in [4.78, 5) is 22.7. The first-order valence-corrected chi connectivity index (χ1v) is 9.67. The summed E-state index contributed by atoms with van der Waals surface area (Å²) in [5.74, 6) is -0.775. The van der Waals surface area contributed by atoms with Crippen molar-refractivity contribution in [2.75, 3.05) is 33.0 Å². The summed E-state index contributed by atoms with van der Waals surface area (Å²) < 4.78 is 33.2. The van der Waals surface area contributed by atoms with Crippen LogP contribution in [0.25, 0.3) is 0 Å². The molecule has 0 saturated carbocycles. The Balaban J connectivity index is 3.59. The molecule has 3 atom stereocenters. The van der Waals surface area contributed by atoms with Crippen molar-refractivity contribution in [3.8, 4) is 0 Å². The van der Waals surface area contributed by atoms with E-state index < -0.39 is 12.1 Å². The van der Waals surface area contributed by atoms with Crippen LogP contribution >= 0.6 is 0 Å². The first kappa shape index (κ1) is 25.8. The molecule has 27 heavy (non-hydrogen) atoms. The topological polar surface area (TPSA) is 71.1 Å². The minimum Gasteiger partial charge on any atom is -0.463 e. The van der Waals surface area contributed by atoms with E-state index in [4.69, 9.17) is 14.2 Å². The van der Waals surface area contributed by atoms with Gasteiger partial charge in [0.25, 0.3) is 0 Å². The van der Waals surface area contributed by atoms with Crippen molar-refractivity contribution >= 4 is 11.9 Å². The third-order valence-corrected chi connectivity index (χ3v) is 3.69. The van der Waals surface area contributed by atoms with Gasteiger partial charge in [-0.3, -0.25) is 4.79 Å². The van der Waals surface area contributed by atoms with E-state index in [0.29, 0.717) is 32.0 Å². The van der Waals surface area contributed by atoms with Crippen molar-refractivity contribution in [3.05, 3.63) is 0 Å². The molecule has 0 aliphatic rings. The molecule has 0 fully saturated rings. The molecule has 0 aromatic heterocycles. The largest absolute Gasteiger partial charge is 0.463 e. The average molecular weight is 393 g/mol. The minimum atomic E-state index is -1.62. The lowest BCUT2D eigenvalue weighted by Crippen LogP contribution is -2.20. The molecule has 160 valence electrons. The Morgan fingerprint density at radius 2 is 1.56 bits per heavy atom. The van der Waals surface area contributed by atoms with Crippen LogP contribution in [0.3, 0.4) is 0 Å². The summed E-state index contributed by atoms with van der Waals surface area (Å²) >= 11 is 0. The van der Waals surface area contributed by atoms with Gasteiger partial charge < -0.3 is 18.9 Å². The Hall–Kier alpha value is -1.21. The molecule has 3 unspecified atom stereocenters. The van der Waals surface area contributed by atoms with E-state index in [2.05, 4.69) is 32.4 Å². The fourth-order valence-corrected chi connectivity index (χ4v) is 2.62. The molecule has 0 aromatic rings. The first-order chi connectivity index (χ1) is 12.5. The van der Waals surface area contributed by atoms with Gasteiger partial charge >= 0.3 is 11.9 Å². The predicted molar refractivity (Wildman–Crippen MR) is 101 cm³/mol. The van der Waals surface area contributed by atoms with Crippen molar-refractivity contribution in [1.29, 1.82) is 0 Å². The highest BCUT2D eigenvalue weighted by molar-refractivity contribution is 5.73. The first-order valence-electron chi connectivity index (χ1n) is 9.67. The highest BCUT2D eigenvalue weighted by Gasteiger charge is 2.18. The Bertz CT molecular complexity index is 419. The maximum absolute atomic E-state index is 12.5. The Morgan fingerprint density at radius 1 is 0.926 bits per heavy atom. The van der Waals surface area contributed by atoms with E-state index in [-0.39, 0.29) is 37.3 Å². The third kappa shape index (κ3) is 16.7. The van der Waals surface area contributed by atoms with Gasteiger partial charge in [0, 0.05) is 13.0 Å². The van der Waals surface area contributed by atoms with E-state index in [0.717, 1.165) is 13.3 Å². The Morgan fingerprint density at radius 3 is 2.15 bits per heavy atom. The average Bonchev–Trinajstić information content (AvgIpc) is 2.52. The molecule has 7 heteroatoms. The molecule has 6 nitrogen and oxygen atoms in total. The predicted octanol–water partition coefficient (Wildman–Crippen LogP) is 3.71. The number of rotatable bonds is 14. The van der Waals surface area contributed by atoms with Crippen molar-refractivity contribution in [3.63, 3.8) is 0 Å². The van der Waals surface area contributed by atoms with Crippen molar-refractivity contribution < 1.29 is 32.9 Å². The smallest absolute Gasteiger partial charge is 0.340 e. The minimum absolute atomic E-state index is 0.0337. The summed E-state index contributed by atoms with van der Waals surface area (Å²) in [7, 11) is 0. The lowest BCUT2D eigenvalue weighted by Gasteiger charge is -2.22. The van der Waals surface area contributed by atoms with Crippen molar-refractivity contribution in [2.24, 2.45) is 11.3 Å². The zero-order chi connectivity index (χ0) is 20.9. The van der Waals surface area contributed by atoms with Gasteiger partial charge in [-0.05, 0) is 38.0 Å². The van der Waals surface area contributed by atoms with E-state index in [9.17, 15) is 14.0 Å². The van der Waals surface area contributed by atoms with E-state index >= 15 is 0 Å². The number of hydrogen-bond acceptors (Lipinski definition) is 6. The van der Waals surface area contributed by atoms with Crippen LogP contribution in [0.5, 0.6) is 0 Å². The fraction of sp³-hybridized carbons (Fsp3) is 0.900. The fourth-order valence-electron chi connectivity index (χ4n) is 2.62. The Labute approximate surface area is 163 Å². The van der Waals surface area contributed by atoms with Gasteiger partial charge in [-0.25, -0.2) is 9.18 Å².